The Labute approximate surface area is 87.1 Å². The Balaban J connectivity index is 2.39. The van der Waals surface area contributed by atoms with E-state index in [-0.39, 0.29) is 0 Å². The van der Waals surface area contributed by atoms with E-state index >= 15 is 0 Å². The molecule has 1 heterocycles. The van der Waals surface area contributed by atoms with Crippen LogP contribution in [0.1, 0.15) is 33.1 Å². The maximum atomic E-state index is 10.2. The van der Waals surface area contributed by atoms with E-state index in [9.17, 15) is 5.11 Å². The van der Waals surface area contributed by atoms with E-state index in [2.05, 4.69) is 18.7 Å². The molecule has 0 unspecified atom stereocenters. The fourth-order valence-corrected chi connectivity index (χ4v) is 1.85. The maximum Gasteiger partial charge on any atom is 0.0768 e. The van der Waals surface area contributed by atoms with Crippen molar-refractivity contribution in [2.24, 2.45) is 0 Å². The van der Waals surface area contributed by atoms with Crippen LogP contribution in [-0.2, 0) is 4.74 Å². The molecule has 0 bridgehead atoms. The molecule has 0 amide bonds. The van der Waals surface area contributed by atoms with Crippen LogP contribution in [0.4, 0.5) is 0 Å². The highest BCUT2D eigenvalue weighted by Gasteiger charge is 2.25. The summed E-state index contributed by atoms with van der Waals surface area (Å²) in [4.78, 5) is 2.32. The van der Waals surface area contributed by atoms with Gasteiger partial charge in [0.25, 0.3) is 0 Å². The van der Waals surface area contributed by atoms with Gasteiger partial charge in [0, 0.05) is 26.2 Å². The summed E-state index contributed by atoms with van der Waals surface area (Å²) in [5, 5.41) is 10.2. The molecule has 84 valence electrons. The number of ether oxygens (including phenoxy) is 1. The molecule has 1 fully saturated rings. The van der Waals surface area contributed by atoms with Gasteiger partial charge >= 0.3 is 0 Å². The predicted octanol–water partition coefficient (Wildman–Crippen LogP) is 1.26. The summed E-state index contributed by atoms with van der Waals surface area (Å²) in [5.74, 6) is 0. The van der Waals surface area contributed by atoms with Crippen LogP contribution in [0.15, 0.2) is 0 Å². The molecule has 3 nitrogen and oxygen atoms in total. The second-order valence-electron chi connectivity index (χ2n) is 4.17. The molecular formula is C11H23NO2. The standard InChI is InChI=1S/C11H23NO2/c1-3-11(13,4-2)10-12-6-5-8-14-9-7-12/h13H,3-10H2,1-2H3. The molecule has 1 saturated heterocycles. The smallest absolute Gasteiger partial charge is 0.0768 e. The zero-order chi connectivity index (χ0) is 10.4. The van der Waals surface area contributed by atoms with Crippen LogP contribution < -0.4 is 0 Å². The molecule has 0 aromatic rings. The second kappa shape index (κ2) is 5.69. The number of hydrogen-bond donors (Lipinski definition) is 1. The van der Waals surface area contributed by atoms with Crippen molar-refractivity contribution in [3.8, 4) is 0 Å². The van der Waals surface area contributed by atoms with Gasteiger partial charge in [0.1, 0.15) is 0 Å². The number of hydrogen-bond acceptors (Lipinski definition) is 3. The van der Waals surface area contributed by atoms with Crippen LogP contribution in [-0.4, -0.2) is 48.5 Å². The summed E-state index contributed by atoms with van der Waals surface area (Å²) in [5.41, 5.74) is -0.496. The van der Waals surface area contributed by atoms with Gasteiger partial charge in [-0.1, -0.05) is 13.8 Å². The molecule has 1 aliphatic heterocycles. The molecule has 14 heavy (non-hydrogen) atoms. The van der Waals surface area contributed by atoms with E-state index in [0.29, 0.717) is 0 Å². The van der Waals surface area contributed by atoms with Crippen molar-refractivity contribution in [2.75, 3.05) is 32.8 Å². The highest BCUT2D eigenvalue weighted by Crippen LogP contribution is 2.17. The van der Waals surface area contributed by atoms with E-state index in [4.69, 9.17) is 4.74 Å². The lowest BCUT2D eigenvalue weighted by molar-refractivity contribution is -0.00366. The highest BCUT2D eigenvalue weighted by atomic mass is 16.5. The average molecular weight is 201 g/mol. The molecule has 1 rings (SSSR count). The highest BCUT2D eigenvalue weighted by molar-refractivity contribution is 4.80. The molecule has 3 heteroatoms. The van der Waals surface area contributed by atoms with Crippen molar-refractivity contribution in [3.05, 3.63) is 0 Å². The summed E-state index contributed by atoms with van der Waals surface area (Å²) in [7, 11) is 0. The molecule has 0 atom stereocenters. The minimum absolute atomic E-state index is 0.496. The summed E-state index contributed by atoms with van der Waals surface area (Å²) < 4.78 is 5.38. The first-order valence-electron chi connectivity index (χ1n) is 5.72. The molecule has 0 aromatic carbocycles. The van der Waals surface area contributed by atoms with E-state index in [1.54, 1.807) is 0 Å². The van der Waals surface area contributed by atoms with Gasteiger partial charge in [-0.25, -0.2) is 0 Å². The summed E-state index contributed by atoms with van der Waals surface area (Å²) in [6.07, 6.45) is 2.76. The van der Waals surface area contributed by atoms with Gasteiger partial charge in [-0.05, 0) is 19.3 Å². The average Bonchev–Trinajstić information content (AvgIpc) is 2.46. The van der Waals surface area contributed by atoms with Crippen molar-refractivity contribution in [3.63, 3.8) is 0 Å². The normalized spacial score (nSPS) is 20.8. The van der Waals surface area contributed by atoms with Crippen LogP contribution >= 0.6 is 0 Å². The van der Waals surface area contributed by atoms with Gasteiger partial charge in [-0.15, -0.1) is 0 Å². The first kappa shape index (κ1) is 12.0. The molecular weight excluding hydrogens is 178 g/mol. The minimum atomic E-state index is -0.496. The predicted molar refractivity (Wildman–Crippen MR) is 57.4 cm³/mol. The lowest BCUT2D eigenvalue weighted by atomic mass is 9.97. The molecule has 0 aliphatic carbocycles. The van der Waals surface area contributed by atoms with Crippen molar-refractivity contribution in [1.29, 1.82) is 0 Å². The lowest BCUT2D eigenvalue weighted by Gasteiger charge is -2.31. The van der Waals surface area contributed by atoms with Crippen molar-refractivity contribution in [1.82, 2.24) is 4.90 Å². The van der Waals surface area contributed by atoms with Gasteiger partial charge in [0.2, 0.25) is 0 Å². The van der Waals surface area contributed by atoms with E-state index < -0.39 is 5.60 Å². The fraction of sp³-hybridized carbons (Fsp3) is 1.00. The van der Waals surface area contributed by atoms with E-state index in [1.165, 1.54) is 0 Å². The van der Waals surface area contributed by atoms with Crippen molar-refractivity contribution >= 4 is 0 Å². The first-order chi connectivity index (χ1) is 6.70. The third-order valence-electron chi connectivity index (χ3n) is 3.15. The van der Waals surface area contributed by atoms with E-state index in [0.717, 1.165) is 52.1 Å². The zero-order valence-electron chi connectivity index (χ0n) is 9.46. The maximum absolute atomic E-state index is 10.2. The zero-order valence-corrected chi connectivity index (χ0v) is 9.46. The van der Waals surface area contributed by atoms with Crippen LogP contribution in [0.3, 0.4) is 0 Å². The lowest BCUT2D eigenvalue weighted by Crippen LogP contribution is -2.43. The van der Waals surface area contributed by atoms with Crippen LogP contribution in [0.2, 0.25) is 0 Å². The molecule has 1 N–H and O–H groups in total. The molecule has 0 aromatic heterocycles. The van der Waals surface area contributed by atoms with Gasteiger partial charge in [0.05, 0.1) is 12.2 Å². The van der Waals surface area contributed by atoms with Gasteiger partial charge in [0.15, 0.2) is 0 Å². The quantitative estimate of drug-likeness (QED) is 0.743. The minimum Gasteiger partial charge on any atom is -0.389 e. The van der Waals surface area contributed by atoms with Crippen LogP contribution in [0, 0.1) is 0 Å². The van der Waals surface area contributed by atoms with Crippen molar-refractivity contribution < 1.29 is 9.84 Å². The third-order valence-corrected chi connectivity index (χ3v) is 3.15. The van der Waals surface area contributed by atoms with Crippen LogP contribution in [0.25, 0.3) is 0 Å². The Bertz CT molecular complexity index is 149. The number of nitrogens with zero attached hydrogens (tertiary/aromatic N) is 1. The largest absolute Gasteiger partial charge is 0.389 e. The van der Waals surface area contributed by atoms with Gasteiger partial charge in [-0.3, -0.25) is 4.90 Å². The van der Waals surface area contributed by atoms with Crippen LogP contribution in [0.5, 0.6) is 0 Å². The fourth-order valence-electron chi connectivity index (χ4n) is 1.85. The van der Waals surface area contributed by atoms with Gasteiger partial charge < -0.3 is 9.84 Å². The Hall–Kier alpha value is -0.120. The Kier molecular flexibility index (Phi) is 4.85. The second-order valence-corrected chi connectivity index (χ2v) is 4.17. The number of rotatable bonds is 4. The molecule has 1 aliphatic rings. The summed E-state index contributed by atoms with van der Waals surface area (Å²) >= 11 is 0. The Morgan fingerprint density at radius 3 is 2.57 bits per heavy atom. The summed E-state index contributed by atoms with van der Waals surface area (Å²) in [6, 6.07) is 0. The topological polar surface area (TPSA) is 32.7 Å². The number of β-amino-alcohol motifs (C(OH)–C–C–N with tert-alkyl or cyclic N) is 1. The SMILES string of the molecule is CCC(O)(CC)CN1CCCOCC1. The summed E-state index contributed by atoms with van der Waals surface area (Å²) in [6.45, 7) is 8.60. The Morgan fingerprint density at radius 1 is 1.21 bits per heavy atom. The molecule has 0 saturated carbocycles. The number of aliphatic hydroxyl groups is 1. The third kappa shape index (κ3) is 3.56. The van der Waals surface area contributed by atoms with Crippen molar-refractivity contribution in [2.45, 2.75) is 38.7 Å². The van der Waals surface area contributed by atoms with E-state index in [1.807, 2.05) is 0 Å². The Morgan fingerprint density at radius 2 is 1.93 bits per heavy atom. The molecule has 0 radical (unpaired) electrons. The monoisotopic (exact) mass is 201 g/mol. The van der Waals surface area contributed by atoms with Gasteiger partial charge in [-0.2, -0.15) is 0 Å². The molecule has 0 spiro atoms. The first-order valence-corrected chi connectivity index (χ1v) is 5.72.